The second-order valence-corrected chi connectivity index (χ2v) is 4.90. The predicted molar refractivity (Wildman–Crippen MR) is 79.3 cm³/mol. The topological polar surface area (TPSA) is 54.3 Å². The minimum absolute atomic E-state index is 0.649. The largest absolute Gasteiger partial charge is 0.384 e. The van der Waals surface area contributed by atoms with E-state index in [2.05, 4.69) is 27.3 Å². The fourth-order valence-corrected chi connectivity index (χ4v) is 2.04. The maximum Gasteiger partial charge on any atom is 0.0992 e. The summed E-state index contributed by atoms with van der Waals surface area (Å²) in [6.45, 7) is 2.96. The maximum absolute atomic E-state index is 8.77. The van der Waals surface area contributed by atoms with Gasteiger partial charge in [-0.1, -0.05) is 0 Å². The molecule has 0 saturated heterocycles. The molecule has 0 aliphatic heterocycles. The van der Waals surface area contributed by atoms with Crippen molar-refractivity contribution in [2.45, 2.75) is 12.8 Å². The van der Waals surface area contributed by atoms with Crippen LogP contribution in [0.1, 0.15) is 18.4 Å². The molecule has 0 fully saturated rings. The number of nitrogens with one attached hydrogen (secondary N) is 1. The summed E-state index contributed by atoms with van der Waals surface area (Å²) in [6, 6.07) is 7.65. The molecule has 0 spiro atoms. The molecule has 1 aromatic rings. The molecular formula is C14H19BrN2O2. The molecule has 0 saturated carbocycles. The lowest BCUT2D eigenvalue weighted by Gasteiger charge is -2.09. The molecule has 0 aliphatic carbocycles. The van der Waals surface area contributed by atoms with Gasteiger partial charge in [0, 0.05) is 30.4 Å². The van der Waals surface area contributed by atoms with Crippen molar-refractivity contribution in [3.05, 3.63) is 28.2 Å². The van der Waals surface area contributed by atoms with Crippen molar-refractivity contribution in [3.63, 3.8) is 0 Å². The van der Waals surface area contributed by atoms with Gasteiger partial charge in [0.1, 0.15) is 0 Å². The van der Waals surface area contributed by atoms with Gasteiger partial charge >= 0.3 is 0 Å². The Bertz CT molecular complexity index is 418. The molecule has 4 nitrogen and oxygen atoms in total. The normalized spacial score (nSPS) is 10.2. The molecule has 0 atom stereocenters. The third-order valence-corrected chi connectivity index (χ3v) is 3.22. The average molecular weight is 327 g/mol. The van der Waals surface area contributed by atoms with Crippen LogP contribution in [-0.4, -0.2) is 33.5 Å². The van der Waals surface area contributed by atoms with Crippen LogP contribution < -0.4 is 5.32 Å². The zero-order chi connectivity index (χ0) is 13.9. The zero-order valence-electron chi connectivity index (χ0n) is 11.1. The SMILES string of the molecule is COCCOCCCCNc1ccc(C#N)cc1Br. The summed E-state index contributed by atoms with van der Waals surface area (Å²) >= 11 is 3.45. The zero-order valence-corrected chi connectivity index (χ0v) is 12.7. The molecule has 0 unspecified atom stereocenters. The number of benzene rings is 1. The number of halogens is 1. The Hall–Kier alpha value is -1.09. The summed E-state index contributed by atoms with van der Waals surface area (Å²) in [4.78, 5) is 0. The van der Waals surface area contributed by atoms with Crippen LogP contribution >= 0.6 is 15.9 Å². The molecule has 0 aliphatic rings. The van der Waals surface area contributed by atoms with Crippen LogP contribution in [0.4, 0.5) is 5.69 Å². The van der Waals surface area contributed by atoms with Crippen molar-refractivity contribution < 1.29 is 9.47 Å². The van der Waals surface area contributed by atoms with E-state index in [0.29, 0.717) is 18.8 Å². The van der Waals surface area contributed by atoms with E-state index in [1.54, 1.807) is 13.2 Å². The Kier molecular flexibility index (Phi) is 8.23. The lowest BCUT2D eigenvalue weighted by Crippen LogP contribution is -2.06. The summed E-state index contributed by atoms with van der Waals surface area (Å²) in [6.07, 6.45) is 2.06. The van der Waals surface area contributed by atoms with E-state index in [1.165, 1.54) is 0 Å². The van der Waals surface area contributed by atoms with Crippen LogP contribution in [0, 0.1) is 11.3 Å². The van der Waals surface area contributed by atoms with Gasteiger partial charge < -0.3 is 14.8 Å². The summed E-state index contributed by atoms with van der Waals surface area (Å²) in [7, 11) is 1.67. The molecule has 19 heavy (non-hydrogen) atoms. The van der Waals surface area contributed by atoms with Crippen molar-refractivity contribution >= 4 is 21.6 Å². The fourth-order valence-electron chi connectivity index (χ4n) is 1.52. The molecule has 0 aromatic heterocycles. The summed E-state index contributed by atoms with van der Waals surface area (Å²) < 4.78 is 11.2. The number of rotatable bonds is 9. The molecule has 1 rings (SSSR count). The third kappa shape index (κ3) is 6.58. The molecule has 0 heterocycles. The second-order valence-electron chi connectivity index (χ2n) is 4.05. The minimum atomic E-state index is 0.649. The summed E-state index contributed by atoms with van der Waals surface area (Å²) in [5, 5.41) is 12.1. The quantitative estimate of drug-likeness (QED) is 0.708. The molecule has 5 heteroatoms. The highest BCUT2D eigenvalue weighted by molar-refractivity contribution is 9.10. The molecule has 1 aromatic carbocycles. The van der Waals surface area contributed by atoms with Crippen molar-refractivity contribution in [2.24, 2.45) is 0 Å². The molecule has 0 bridgehead atoms. The van der Waals surface area contributed by atoms with Gasteiger partial charge in [0.05, 0.1) is 24.8 Å². The summed E-state index contributed by atoms with van der Waals surface area (Å²) in [5.74, 6) is 0. The van der Waals surface area contributed by atoms with Crippen molar-refractivity contribution in [1.82, 2.24) is 0 Å². The van der Waals surface area contributed by atoms with Gasteiger partial charge in [0.25, 0.3) is 0 Å². The number of hydrogen-bond donors (Lipinski definition) is 1. The Morgan fingerprint density at radius 1 is 1.26 bits per heavy atom. The van der Waals surface area contributed by atoms with Crippen molar-refractivity contribution in [3.8, 4) is 6.07 Å². The standard InChI is InChI=1S/C14H19BrN2O2/c1-18-8-9-19-7-3-2-6-17-14-5-4-12(11-16)10-13(14)15/h4-5,10,17H,2-3,6-9H2,1H3. The van der Waals surface area contributed by atoms with Crippen LogP contribution in [0.15, 0.2) is 22.7 Å². The lowest BCUT2D eigenvalue weighted by atomic mass is 10.2. The molecule has 1 N–H and O–H groups in total. The highest BCUT2D eigenvalue weighted by Gasteiger charge is 2.00. The van der Waals surface area contributed by atoms with E-state index in [-0.39, 0.29) is 0 Å². The molecule has 104 valence electrons. The Morgan fingerprint density at radius 3 is 2.79 bits per heavy atom. The number of methoxy groups -OCH3 is 1. The van der Waals surface area contributed by atoms with Gasteiger partial charge in [-0.05, 0) is 47.0 Å². The number of hydrogen-bond acceptors (Lipinski definition) is 4. The van der Waals surface area contributed by atoms with Crippen LogP contribution in [0.2, 0.25) is 0 Å². The monoisotopic (exact) mass is 326 g/mol. The van der Waals surface area contributed by atoms with Gasteiger partial charge in [-0.25, -0.2) is 0 Å². The minimum Gasteiger partial charge on any atom is -0.384 e. The van der Waals surface area contributed by atoms with E-state index in [4.69, 9.17) is 14.7 Å². The average Bonchev–Trinajstić information content (AvgIpc) is 2.43. The molecular weight excluding hydrogens is 308 g/mol. The van der Waals surface area contributed by atoms with Crippen LogP contribution in [0.25, 0.3) is 0 Å². The third-order valence-electron chi connectivity index (χ3n) is 2.56. The van der Waals surface area contributed by atoms with Crippen LogP contribution in [-0.2, 0) is 9.47 Å². The number of nitrogens with zero attached hydrogens (tertiary/aromatic N) is 1. The first-order valence-corrected chi connectivity index (χ1v) is 7.07. The number of nitriles is 1. The fraction of sp³-hybridized carbons (Fsp3) is 0.500. The second kappa shape index (κ2) is 9.79. The first kappa shape index (κ1) is 16.0. The van der Waals surface area contributed by atoms with E-state index < -0.39 is 0 Å². The predicted octanol–water partition coefficient (Wildman–Crippen LogP) is 3.18. The summed E-state index contributed by atoms with van der Waals surface area (Å²) in [5.41, 5.74) is 1.67. The molecule has 0 radical (unpaired) electrons. The number of anilines is 1. The number of ether oxygens (including phenoxy) is 2. The van der Waals surface area contributed by atoms with Gasteiger partial charge in [-0.3, -0.25) is 0 Å². The number of unbranched alkanes of at least 4 members (excludes halogenated alkanes) is 1. The van der Waals surface area contributed by atoms with Gasteiger partial charge in [-0.15, -0.1) is 0 Å². The highest BCUT2D eigenvalue weighted by atomic mass is 79.9. The van der Waals surface area contributed by atoms with E-state index in [1.807, 2.05) is 12.1 Å². The Balaban J connectivity index is 2.14. The Morgan fingerprint density at radius 2 is 2.11 bits per heavy atom. The van der Waals surface area contributed by atoms with Crippen LogP contribution in [0.5, 0.6) is 0 Å². The van der Waals surface area contributed by atoms with Gasteiger partial charge in [0.15, 0.2) is 0 Å². The van der Waals surface area contributed by atoms with Gasteiger partial charge in [-0.2, -0.15) is 5.26 Å². The first-order chi connectivity index (χ1) is 9.27. The molecule has 0 amide bonds. The lowest BCUT2D eigenvalue weighted by molar-refractivity contribution is 0.0691. The van der Waals surface area contributed by atoms with Crippen LogP contribution in [0.3, 0.4) is 0 Å². The van der Waals surface area contributed by atoms with Crippen molar-refractivity contribution in [1.29, 1.82) is 5.26 Å². The van der Waals surface area contributed by atoms with E-state index >= 15 is 0 Å². The van der Waals surface area contributed by atoms with E-state index in [9.17, 15) is 0 Å². The maximum atomic E-state index is 8.77. The highest BCUT2D eigenvalue weighted by Crippen LogP contribution is 2.23. The Labute approximate surface area is 122 Å². The first-order valence-electron chi connectivity index (χ1n) is 6.28. The smallest absolute Gasteiger partial charge is 0.0992 e. The van der Waals surface area contributed by atoms with Crippen molar-refractivity contribution in [2.75, 3.05) is 38.8 Å². The van der Waals surface area contributed by atoms with E-state index in [0.717, 1.165) is 36.2 Å². The van der Waals surface area contributed by atoms with Gasteiger partial charge in [0.2, 0.25) is 0 Å².